The lowest BCUT2D eigenvalue weighted by Gasteiger charge is -2.09. The molecule has 0 aliphatic carbocycles. The summed E-state index contributed by atoms with van der Waals surface area (Å²) in [4.78, 5) is 10.5. The van der Waals surface area contributed by atoms with E-state index in [2.05, 4.69) is 5.32 Å². The quantitative estimate of drug-likeness (QED) is 0.668. The highest BCUT2D eigenvalue weighted by atomic mass is 35.5. The summed E-state index contributed by atoms with van der Waals surface area (Å²) in [6.07, 6.45) is 0. The summed E-state index contributed by atoms with van der Waals surface area (Å²) in [7, 11) is 0. The summed E-state index contributed by atoms with van der Waals surface area (Å²) in [5.41, 5.74) is 0.862. The van der Waals surface area contributed by atoms with Crippen molar-refractivity contribution >= 4 is 40.3 Å². The SMILES string of the molecule is N#Cc1ccc(Nc2cccc(Cl)c2[N+](=O)[O-])c(Cl)c1. The molecule has 0 radical (unpaired) electrons. The molecule has 0 aromatic heterocycles. The van der Waals surface area contributed by atoms with E-state index in [1.807, 2.05) is 6.07 Å². The molecular weight excluding hydrogens is 301 g/mol. The average molecular weight is 308 g/mol. The van der Waals surface area contributed by atoms with Crippen molar-refractivity contribution in [3.63, 3.8) is 0 Å². The van der Waals surface area contributed by atoms with Crippen LogP contribution in [0.15, 0.2) is 36.4 Å². The molecule has 20 heavy (non-hydrogen) atoms. The molecule has 2 aromatic carbocycles. The normalized spacial score (nSPS) is 9.85. The first-order valence-corrected chi connectivity index (χ1v) is 6.18. The summed E-state index contributed by atoms with van der Waals surface area (Å²) in [5.74, 6) is 0. The first kappa shape index (κ1) is 14.1. The van der Waals surface area contributed by atoms with Crippen LogP contribution in [-0.2, 0) is 0 Å². The number of para-hydroxylation sites is 1. The molecule has 2 aromatic rings. The monoisotopic (exact) mass is 307 g/mol. The van der Waals surface area contributed by atoms with Crippen LogP contribution in [0.25, 0.3) is 0 Å². The van der Waals surface area contributed by atoms with Crippen molar-refractivity contribution in [1.82, 2.24) is 0 Å². The average Bonchev–Trinajstić information content (AvgIpc) is 2.40. The van der Waals surface area contributed by atoms with Crippen molar-refractivity contribution in [3.05, 3.63) is 62.1 Å². The Balaban J connectivity index is 2.43. The van der Waals surface area contributed by atoms with Crippen LogP contribution >= 0.6 is 23.2 Å². The number of anilines is 2. The van der Waals surface area contributed by atoms with E-state index >= 15 is 0 Å². The Bertz CT molecular complexity index is 726. The Kier molecular flexibility index (Phi) is 4.08. The summed E-state index contributed by atoms with van der Waals surface area (Å²) in [5, 5.41) is 23.0. The lowest BCUT2D eigenvalue weighted by Crippen LogP contribution is -1.98. The second kappa shape index (κ2) is 5.78. The van der Waals surface area contributed by atoms with Gasteiger partial charge in [-0.15, -0.1) is 0 Å². The molecule has 5 nitrogen and oxygen atoms in total. The van der Waals surface area contributed by atoms with E-state index in [0.29, 0.717) is 16.3 Å². The van der Waals surface area contributed by atoms with Crippen molar-refractivity contribution < 1.29 is 4.92 Å². The molecule has 2 rings (SSSR count). The van der Waals surface area contributed by atoms with Crippen LogP contribution in [-0.4, -0.2) is 4.92 Å². The highest BCUT2D eigenvalue weighted by molar-refractivity contribution is 6.34. The zero-order valence-electron chi connectivity index (χ0n) is 9.93. The van der Waals surface area contributed by atoms with E-state index in [4.69, 9.17) is 28.5 Å². The van der Waals surface area contributed by atoms with Crippen molar-refractivity contribution in [3.8, 4) is 6.07 Å². The highest BCUT2D eigenvalue weighted by Gasteiger charge is 2.19. The molecule has 7 heteroatoms. The van der Waals surface area contributed by atoms with Gasteiger partial charge in [0.25, 0.3) is 0 Å². The Labute approximate surface area is 124 Å². The maximum Gasteiger partial charge on any atom is 0.311 e. The third kappa shape index (κ3) is 2.82. The number of nitro benzene ring substituents is 1. The molecule has 0 spiro atoms. The third-order valence-electron chi connectivity index (χ3n) is 2.54. The Morgan fingerprint density at radius 1 is 1.15 bits per heavy atom. The van der Waals surface area contributed by atoms with Crippen LogP contribution in [0.5, 0.6) is 0 Å². The number of nitrogens with one attached hydrogen (secondary N) is 1. The Hall–Kier alpha value is -2.29. The Morgan fingerprint density at radius 2 is 1.90 bits per heavy atom. The lowest BCUT2D eigenvalue weighted by molar-refractivity contribution is -0.383. The van der Waals surface area contributed by atoms with Gasteiger partial charge >= 0.3 is 5.69 Å². The van der Waals surface area contributed by atoms with Gasteiger partial charge in [0, 0.05) is 0 Å². The van der Waals surface area contributed by atoms with Crippen molar-refractivity contribution in [1.29, 1.82) is 5.26 Å². The molecule has 0 amide bonds. The number of nitro groups is 1. The second-order valence-electron chi connectivity index (χ2n) is 3.82. The fraction of sp³-hybridized carbons (Fsp3) is 0. The summed E-state index contributed by atoms with van der Waals surface area (Å²) in [6.45, 7) is 0. The van der Waals surface area contributed by atoms with Crippen LogP contribution in [0.2, 0.25) is 10.0 Å². The van der Waals surface area contributed by atoms with E-state index in [0.717, 1.165) is 0 Å². The predicted molar refractivity (Wildman–Crippen MR) is 77.6 cm³/mol. The van der Waals surface area contributed by atoms with Gasteiger partial charge in [-0.1, -0.05) is 29.3 Å². The minimum absolute atomic E-state index is 0.0322. The molecule has 0 fully saturated rings. The number of hydrogen-bond acceptors (Lipinski definition) is 4. The Morgan fingerprint density at radius 3 is 2.50 bits per heavy atom. The minimum atomic E-state index is -0.567. The van der Waals surface area contributed by atoms with E-state index in [1.54, 1.807) is 18.2 Å². The molecule has 0 heterocycles. The predicted octanol–water partition coefficient (Wildman–Crippen LogP) is 4.52. The van der Waals surface area contributed by atoms with Crippen LogP contribution in [0.1, 0.15) is 5.56 Å². The molecule has 0 bridgehead atoms. The first-order valence-electron chi connectivity index (χ1n) is 5.42. The summed E-state index contributed by atoms with van der Waals surface area (Å²) < 4.78 is 0. The number of benzene rings is 2. The van der Waals surface area contributed by atoms with E-state index in [9.17, 15) is 10.1 Å². The zero-order valence-corrected chi connectivity index (χ0v) is 11.4. The van der Waals surface area contributed by atoms with Crippen LogP contribution in [0, 0.1) is 21.4 Å². The van der Waals surface area contributed by atoms with E-state index < -0.39 is 4.92 Å². The smallest absolute Gasteiger partial charge is 0.311 e. The zero-order chi connectivity index (χ0) is 14.7. The summed E-state index contributed by atoms with van der Waals surface area (Å²) >= 11 is 11.8. The van der Waals surface area contributed by atoms with Crippen molar-refractivity contribution in [2.75, 3.05) is 5.32 Å². The van der Waals surface area contributed by atoms with Gasteiger partial charge in [0.1, 0.15) is 10.7 Å². The molecule has 0 saturated carbocycles. The fourth-order valence-corrected chi connectivity index (χ4v) is 2.10. The molecule has 0 saturated heterocycles. The number of hydrogen-bond donors (Lipinski definition) is 1. The molecule has 100 valence electrons. The van der Waals surface area contributed by atoms with Gasteiger partial charge in [-0.25, -0.2) is 0 Å². The maximum atomic E-state index is 11.0. The number of halogens is 2. The molecule has 0 atom stereocenters. The van der Waals surface area contributed by atoms with Gasteiger partial charge in [0.2, 0.25) is 0 Å². The highest BCUT2D eigenvalue weighted by Crippen LogP contribution is 2.36. The van der Waals surface area contributed by atoms with Crippen LogP contribution in [0.4, 0.5) is 17.1 Å². The standard InChI is InChI=1S/C13H7Cl2N3O2/c14-9-2-1-3-12(13(9)18(19)20)17-11-5-4-8(7-16)6-10(11)15/h1-6,17H. The van der Waals surface area contributed by atoms with Gasteiger partial charge in [-0.2, -0.15) is 5.26 Å². The second-order valence-corrected chi connectivity index (χ2v) is 4.64. The largest absolute Gasteiger partial charge is 0.349 e. The topological polar surface area (TPSA) is 79.0 Å². The molecule has 1 N–H and O–H groups in total. The molecule has 0 unspecified atom stereocenters. The van der Waals surface area contributed by atoms with Gasteiger partial charge in [0.05, 0.1) is 27.3 Å². The number of nitrogens with zero attached hydrogens (tertiary/aromatic N) is 2. The van der Waals surface area contributed by atoms with Crippen LogP contribution < -0.4 is 5.32 Å². The van der Waals surface area contributed by atoms with Crippen molar-refractivity contribution in [2.45, 2.75) is 0 Å². The van der Waals surface area contributed by atoms with Gasteiger partial charge in [-0.3, -0.25) is 10.1 Å². The lowest BCUT2D eigenvalue weighted by atomic mass is 10.2. The minimum Gasteiger partial charge on any atom is -0.349 e. The summed E-state index contributed by atoms with van der Waals surface area (Å²) in [6, 6.07) is 11.1. The van der Waals surface area contributed by atoms with Gasteiger partial charge in [0.15, 0.2) is 0 Å². The van der Waals surface area contributed by atoms with Gasteiger partial charge in [-0.05, 0) is 30.3 Å². The molecule has 0 aliphatic rings. The van der Waals surface area contributed by atoms with Crippen molar-refractivity contribution in [2.24, 2.45) is 0 Å². The van der Waals surface area contributed by atoms with E-state index in [-0.39, 0.29) is 16.4 Å². The molecule has 0 aliphatic heterocycles. The number of rotatable bonds is 3. The number of nitriles is 1. The third-order valence-corrected chi connectivity index (χ3v) is 3.15. The maximum absolute atomic E-state index is 11.0. The van der Waals surface area contributed by atoms with E-state index in [1.165, 1.54) is 18.2 Å². The first-order chi connectivity index (χ1) is 9.52. The molecular formula is C13H7Cl2N3O2. The van der Waals surface area contributed by atoms with Crippen LogP contribution in [0.3, 0.4) is 0 Å². The van der Waals surface area contributed by atoms with Gasteiger partial charge < -0.3 is 5.32 Å². The fourth-order valence-electron chi connectivity index (χ4n) is 1.63.